The number of benzene rings is 1. The molecule has 1 atom stereocenters. The minimum Gasteiger partial charge on any atom is -0.467 e. The van der Waals surface area contributed by atoms with E-state index in [1.165, 1.54) is 13.3 Å². The number of hydrogen-bond acceptors (Lipinski definition) is 4. The number of methoxy groups -OCH3 is 1. The fraction of sp³-hybridized carbons (Fsp3) is 0.235. The molecule has 0 fully saturated rings. The van der Waals surface area contributed by atoms with Gasteiger partial charge in [0, 0.05) is 18.3 Å². The molecule has 0 bridgehead atoms. The Balaban J connectivity index is 2.11. The number of aromatic nitrogens is 1. The summed E-state index contributed by atoms with van der Waals surface area (Å²) in [7, 11) is 1.31. The van der Waals surface area contributed by atoms with Crippen molar-refractivity contribution in [3.05, 3.63) is 65.5 Å². The third-order valence-corrected chi connectivity index (χ3v) is 3.25. The quantitative estimate of drug-likeness (QED) is 0.856. The molecule has 1 aromatic heterocycles. The average molecular weight is 298 g/mol. The summed E-state index contributed by atoms with van der Waals surface area (Å²) >= 11 is 0. The molecule has 114 valence electrons. The molecule has 0 radical (unpaired) electrons. The van der Waals surface area contributed by atoms with Crippen LogP contribution in [0.4, 0.5) is 0 Å². The number of aryl methyl sites for hydroxylation is 1. The predicted molar refractivity (Wildman–Crippen MR) is 82.4 cm³/mol. The zero-order valence-corrected chi connectivity index (χ0v) is 12.6. The van der Waals surface area contributed by atoms with E-state index in [1.807, 2.05) is 37.3 Å². The van der Waals surface area contributed by atoms with Crippen molar-refractivity contribution < 1.29 is 14.3 Å². The second-order valence-electron chi connectivity index (χ2n) is 4.93. The van der Waals surface area contributed by atoms with Gasteiger partial charge in [-0.05, 0) is 24.6 Å². The molecule has 22 heavy (non-hydrogen) atoms. The SMILES string of the molecule is COC(=O)[C@H](Cc1ccccc1)NC(=O)c1ccc(C)nc1. The maximum absolute atomic E-state index is 12.2. The Morgan fingerprint density at radius 3 is 2.50 bits per heavy atom. The number of carbonyl (C=O) groups excluding carboxylic acids is 2. The normalized spacial score (nSPS) is 11.5. The highest BCUT2D eigenvalue weighted by atomic mass is 16.5. The molecule has 5 heteroatoms. The van der Waals surface area contributed by atoms with E-state index in [1.54, 1.807) is 12.1 Å². The number of nitrogens with zero attached hydrogens (tertiary/aromatic N) is 1. The molecule has 0 spiro atoms. The first-order valence-electron chi connectivity index (χ1n) is 6.95. The van der Waals surface area contributed by atoms with Crippen LogP contribution in [-0.4, -0.2) is 30.0 Å². The van der Waals surface area contributed by atoms with Crippen molar-refractivity contribution >= 4 is 11.9 Å². The monoisotopic (exact) mass is 298 g/mol. The summed E-state index contributed by atoms with van der Waals surface area (Å²) < 4.78 is 4.77. The van der Waals surface area contributed by atoms with Crippen LogP contribution in [0.2, 0.25) is 0 Å². The fourth-order valence-corrected chi connectivity index (χ4v) is 2.03. The number of carbonyl (C=O) groups is 2. The standard InChI is InChI=1S/C17H18N2O3/c1-12-8-9-14(11-18-12)16(20)19-15(17(21)22-2)10-13-6-4-3-5-7-13/h3-9,11,15H,10H2,1-2H3,(H,19,20)/t15-/m0/s1. The van der Waals surface area contributed by atoms with Crippen LogP contribution in [0.15, 0.2) is 48.7 Å². The van der Waals surface area contributed by atoms with Crippen LogP contribution in [0.3, 0.4) is 0 Å². The first-order valence-corrected chi connectivity index (χ1v) is 6.95. The Hall–Kier alpha value is -2.69. The van der Waals surface area contributed by atoms with Crippen LogP contribution in [0.1, 0.15) is 21.6 Å². The molecule has 0 aliphatic heterocycles. The van der Waals surface area contributed by atoms with Gasteiger partial charge >= 0.3 is 5.97 Å². The van der Waals surface area contributed by atoms with E-state index in [9.17, 15) is 9.59 Å². The number of esters is 1. The van der Waals surface area contributed by atoms with Gasteiger partial charge in [0.15, 0.2) is 0 Å². The molecule has 5 nitrogen and oxygen atoms in total. The molecule has 1 aromatic carbocycles. The Bertz CT molecular complexity index is 639. The molecular weight excluding hydrogens is 280 g/mol. The number of amides is 1. The summed E-state index contributed by atoms with van der Waals surface area (Å²) in [6, 6.07) is 12.2. The van der Waals surface area contributed by atoms with Crippen LogP contribution in [0.25, 0.3) is 0 Å². The lowest BCUT2D eigenvalue weighted by molar-refractivity contribution is -0.142. The average Bonchev–Trinajstić information content (AvgIpc) is 2.55. The van der Waals surface area contributed by atoms with Gasteiger partial charge in [-0.2, -0.15) is 0 Å². The molecular formula is C17H18N2O3. The minimum atomic E-state index is -0.735. The first-order chi connectivity index (χ1) is 10.6. The van der Waals surface area contributed by atoms with Gasteiger partial charge in [0.05, 0.1) is 12.7 Å². The molecule has 0 saturated carbocycles. The van der Waals surface area contributed by atoms with Crippen molar-refractivity contribution in [3.63, 3.8) is 0 Å². The Morgan fingerprint density at radius 1 is 1.18 bits per heavy atom. The number of nitrogens with one attached hydrogen (secondary N) is 1. The van der Waals surface area contributed by atoms with Crippen LogP contribution < -0.4 is 5.32 Å². The van der Waals surface area contributed by atoms with Crippen LogP contribution >= 0.6 is 0 Å². The molecule has 0 saturated heterocycles. The highest BCUT2D eigenvalue weighted by molar-refractivity contribution is 5.96. The van der Waals surface area contributed by atoms with Crippen molar-refractivity contribution in [1.29, 1.82) is 0 Å². The zero-order chi connectivity index (χ0) is 15.9. The summed E-state index contributed by atoms with van der Waals surface area (Å²) in [5.74, 6) is -0.823. The number of pyridine rings is 1. The van der Waals surface area contributed by atoms with Gasteiger partial charge in [-0.25, -0.2) is 4.79 Å². The Labute approximate surface area is 129 Å². The van der Waals surface area contributed by atoms with Gasteiger partial charge in [0.25, 0.3) is 5.91 Å². The van der Waals surface area contributed by atoms with Gasteiger partial charge in [-0.15, -0.1) is 0 Å². The van der Waals surface area contributed by atoms with Gasteiger partial charge in [0.1, 0.15) is 6.04 Å². The van der Waals surface area contributed by atoms with E-state index in [0.717, 1.165) is 11.3 Å². The number of rotatable bonds is 5. The minimum absolute atomic E-state index is 0.348. The van der Waals surface area contributed by atoms with Crippen molar-refractivity contribution in [2.75, 3.05) is 7.11 Å². The maximum atomic E-state index is 12.2. The zero-order valence-electron chi connectivity index (χ0n) is 12.6. The van der Waals surface area contributed by atoms with Crippen LogP contribution in [0, 0.1) is 6.92 Å². The molecule has 0 aliphatic rings. The summed E-state index contributed by atoms with van der Waals surface area (Å²) in [6.07, 6.45) is 1.86. The summed E-state index contributed by atoms with van der Waals surface area (Å²) in [4.78, 5) is 28.2. The van der Waals surface area contributed by atoms with E-state index in [4.69, 9.17) is 4.74 Å². The maximum Gasteiger partial charge on any atom is 0.328 e. The van der Waals surface area contributed by atoms with Crippen molar-refractivity contribution in [2.24, 2.45) is 0 Å². The lowest BCUT2D eigenvalue weighted by Gasteiger charge is -2.16. The van der Waals surface area contributed by atoms with Gasteiger partial charge in [0.2, 0.25) is 0 Å². The van der Waals surface area contributed by atoms with Gasteiger partial charge in [-0.3, -0.25) is 9.78 Å². The second-order valence-corrected chi connectivity index (χ2v) is 4.93. The Morgan fingerprint density at radius 2 is 1.91 bits per heavy atom. The lowest BCUT2D eigenvalue weighted by Crippen LogP contribution is -2.43. The molecule has 0 aliphatic carbocycles. The highest BCUT2D eigenvalue weighted by Crippen LogP contribution is 2.06. The molecule has 1 heterocycles. The van der Waals surface area contributed by atoms with E-state index in [0.29, 0.717) is 12.0 Å². The highest BCUT2D eigenvalue weighted by Gasteiger charge is 2.22. The second kappa shape index (κ2) is 7.36. The Kier molecular flexibility index (Phi) is 5.25. The number of hydrogen-bond donors (Lipinski definition) is 1. The van der Waals surface area contributed by atoms with Crippen molar-refractivity contribution in [1.82, 2.24) is 10.3 Å². The number of ether oxygens (including phenoxy) is 1. The first kappa shape index (κ1) is 15.7. The largest absolute Gasteiger partial charge is 0.467 e. The lowest BCUT2D eigenvalue weighted by atomic mass is 10.1. The van der Waals surface area contributed by atoms with Gasteiger partial charge in [-0.1, -0.05) is 30.3 Å². The molecule has 2 aromatic rings. The van der Waals surface area contributed by atoms with Crippen molar-refractivity contribution in [3.8, 4) is 0 Å². The molecule has 1 amide bonds. The van der Waals surface area contributed by atoms with Crippen LogP contribution in [0.5, 0.6) is 0 Å². The van der Waals surface area contributed by atoms with Crippen LogP contribution in [-0.2, 0) is 16.0 Å². The van der Waals surface area contributed by atoms with Gasteiger partial charge < -0.3 is 10.1 Å². The third kappa shape index (κ3) is 4.15. The van der Waals surface area contributed by atoms with E-state index in [2.05, 4.69) is 10.3 Å². The summed E-state index contributed by atoms with van der Waals surface area (Å²) in [5, 5.41) is 2.70. The van der Waals surface area contributed by atoms with Crippen molar-refractivity contribution in [2.45, 2.75) is 19.4 Å². The summed E-state index contributed by atoms with van der Waals surface area (Å²) in [5.41, 5.74) is 2.18. The van der Waals surface area contributed by atoms with E-state index < -0.39 is 12.0 Å². The molecule has 2 rings (SSSR count). The topological polar surface area (TPSA) is 68.3 Å². The predicted octanol–water partition coefficient (Wildman–Crippen LogP) is 1.90. The molecule has 1 N–H and O–H groups in total. The smallest absolute Gasteiger partial charge is 0.328 e. The third-order valence-electron chi connectivity index (χ3n) is 3.25. The summed E-state index contributed by atoms with van der Waals surface area (Å²) in [6.45, 7) is 1.84. The molecule has 0 unspecified atom stereocenters. The fourth-order valence-electron chi connectivity index (χ4n) is 2.03. The van der Waals surface area contributed by atoms with E-state index in [-0.39, 0.29) is 5.91 Å². The van der Waals surface area contributed by atoms with E-state index >= 15 is 0 Å².